The van der Waals surface area contributed by atoms with Crippen LogP contribution in [0.2, 0.25) is 5.02 Å². The van der Waals surface area contributed by atoms with Gasteiger partial charge in [0.2, 0.25) is 12.1 Å². The van der Waals surface area contributed by atoms with Crippen molar-refractivity contribution in [2.75, 3.05) is 38.1 Å². The number of nitrogens with one attached hydrogen (secondary N) is 1. The van der Waals surface area contributed by atoms with E-state index >= 15 is 0 Å². The molecule has 0 saturated carbocycles. The van der Waals surface area contributed by atoms with Crippen LogP contribution in [-0.4, -0.2) is 104 Å². The second-order valence-corrected chi connectivity index (χ2v) is 8.95. The van der Waals surface area contributed by atoms with Gasteiger partial charge in [-0.05, 0) is 19.2 Å². The number of ether oxygens (including phenoxy) is 1. The Morgan fingerprint density at radius 3 is 2.33 bits per heavy atom. The molecule has 2 aliphatic rings. The summed E-state index contributed by atoms with van der Waals surface area (Å²) in [6.45, 7) is 3.76. The Balaban J connectivity index is 0.000000298. The number of halogens is 1. The lowest BCUT2D eigenvalue weighted by molar-refractivity contribution is -0.147. The Labute approximate surface area is 227 Å². The topological polar surface area (TPSA) is 195 Å². The highest BCUT2D eigenvalue weighted by Gasteiger charge is 2.44. The highest BCUT2D eigenvalue weighted by Crippen LogP contribution is 2.35. The molecule has 2 aromatic heterocycles. The van der Waals surface area contributed by atoms with E-state index in [0.29, 0.717) is 29.6 Å². The Bertz CT molecular complexity index is 1220. The number of pyridine rings is 1. The van der Waals surface area contributed by atoms with Crippen LogP contribution in [0.1, 0.15) is 35.8 Å². The molecule has 39 heavy (non-hydrogen) atoms. The Hall–Kier alpha value is -4.37. The first-order chi connectivity index (χ1) is 18.5. The highest BCUT2D eigenvalue weighted by atomic mass is 35.5. The van der Waals surface area contributed by atoms with E-state index in [1.807, 2.05) is 12.4 Å². The molecule has 3 amide bonds. The third-order valence-corrected chi connectivity index (χ3v) is 5.83. The SMILES string of the molecule is CC(=O)N[C@@H](CC(=O)O)C(=O)O.CN1CCN(C(=O)O[C@@H]2c3nccnc3C(=O)N2c2ccc(Cl)cn2)CC1. The number of fused-ring (bicyclic) bond motifs is 1. The molecule has 0 bridgehead atoms. The van der Waals surface area contributed by atoms with E-state index in [9.17, 15) is 24.0 Å². The number of hydrogen-bond donors (Lipinski definition) is 3. The Kier molecular flexibility index (Phi) is 9.68. The van der Waals surface area contributed by atoms with Crippen molar-refractivity contribution in [2.45, 2.75) is 25.6 Å². The summed E-state index contributed by atoms with van der Waals surface area (Å²) in [7, 11) is 2.00. The van der Waals surface area contributed by atoms with Gasteiger partial charge in [0.25, 0.3) is 5.91 Å². The number of carboxylic acids is 2. The fourth-order valence-electron chi connectivity index (χ4n) is 3.66. The molecule has 1 fully saturated rings. The van der Waals surface area contributed by atoms with Crippen LogP contribution in [0.5, 0.6) is 0 Å². The maximum Gasteiger partial charge on any atom is 0.412 e. The van der Waals surface area contributed by atoms with Crippen molar-refractivity contribution < 1.29 is 38.9 Å². The average Bonchev–Trinajstić information content (AvgIpc) is 3.15. The minimum Gasteiger partial charge on any atom is -0.481 e. The van der Waals surface area contributed by atoms with Gasteiger partial charge in [-0.2, -0.15) is 0 Å². The number of aliphatic carboxylic acids is 2. The van der Waals surface area contributed by atoms with Crippen molar-refractivity contribution in [1.82, 2.24) is 30.1 Å². The van der Waals surface area contributed by atoms with Crippen molar-refractivity contribution >= 4 is 47.3 Å². The maximum atomic E-state index is 12.8. The van der Waals surface area contributed by atoms with Gasteiger partial charge in [-0.3, -0.25) is 19.4 Å². The highest BCUT2D eigenvalue weighted by molar-refractivity contribution is 6.30. The third-order valence-electron chi connectivity index (χ3n) is 5.60. The van der Waals surface area contributed by atoms with Gasteiger partial charge in [0.05, 0.1) is 11.4 Å². The molecule has 2 aromatic rings. The molecule has 4 rings (SSSR count). The second kappa shape index (κ2) is 12.9. The van der Waals surface area contributed by atoms with E-state index in [4.69, 9.17) is 26.6 Å². The van der Waals surface area contributed by atoms with Crippen molar-refractivity contribution in [1.29, 1.82) is 0 Å². The number of carbonyl (C=O) groups is 5. The van der Waals surface area contributed by atoms with Gasteiger partial charge < -0.3 is 30.1 Å². The lowest BCUT2D eigenvalue weighted by atomic mass is 10.2. The van der Waals surface area contributed by atoms with Gasteiger partial charge in [0.1, 0.15) is 17.6 Å². The molecule has 3 N–H and O–H groups in total. The number of amides is 3. The number of rotatable bonds is 6. The van der Waals surface area contributed by atoms with Gasteiger partial charge in [-0.15, -0.1) is 0 Å². The van der Waals surface area contributed by atoms with E-state index in [2.05, 4.69) is 19.9 Å². The predicted molar refractivity (Wildman–Crippen MR) is 134 cm³/mol. The van der Waals surface area contributed by atoms with Crippen LogP contribution in [0.15, 0.2) is 30.7 Å². The normalized spacial score (nSPS) is 17.4. The molecule has 15 nitrogen and oxygen atoms in total. The van der Waals surface area contributed by atoms with E-state index < -0.39 is 48.5 Å². The van der Waals surface area contributed by atoms with Gasteiger partial charge in [-0.1, -0.05) is 11.6 Å². The van der Waals surface area contributed by atoms with E-state index in [1.165, 1.54) is 23.5 Å². The van der Waals surface area contributed by atoms with Crippen molar-refractivity contribution in [2.24, 2.45) is 0 Å². The number of piperazine rings is 1. The Morgan fingerprint density at radius 2 is 1.77 bits per heavy atom. The lowest BCUT2D eigenvalue weighted by Crippen LogP contribution is -2.48. The van der Waals surface area contributed by atoms with Crippen molar-refractivity contribution in [3.8, 4) is 0 Å². The third kappa shape index (κ3) is 7.58. The van der Waals surface area contributed by atoms with E-state index in [1.54, 1.807) is 17.0 Å². The quantitative estimate of drug-likeness (QED) is 0.443. The van der Waals surface area contributed by atoms with Crippen LogP contribution in [0, 0.1) is 0 Å². The molecule has 2 atom stereocenters. The number of aromatic nitrogens is 3. The molecule has 2 aliphatic heterocycles. The molecule has 1 saturated heterocycles. The summed E-state index contributed by atoms with van der Waals surface area (Å²) < 4.78 is 5.68. The van der Waals surface area contributed by atoms with Gasteiger partial charge in [0, 0.05) is 51.7 Å². The van der Waals surface area contributed by atoms with Gasteiger partial charge in [0.15, 0.2) is 5.69 Å². The first kappa shape index (κ1) is 29.2. The van der Waals surface area contributed by atoms with Crippen LogP contribution in [0.25, 0.3) is 0 Å². The predicted octanol–water partition coefficient (Wildman–Crippen LogP) is 0.618. The molecular formula is C23H26ClN7O8. The van der Waals surface area contributed by atoms with Crippen LogP contribution in [-0.2, 0) is 19.1 Å². The molecular weight excluding hydrogens is 538 g/mol. The average molecular weight is 564 g/mol. The zero-order valence-electron chi connectivity index (χ0n) is 21.0. The van der Waals surface area contributed by atoms with Crippen molar-refractivity contribution in [3.63, 3.8) is 0 Å². The standard InChI is InChI=1S/C17H17ClN6O3.C6H9NO5/c1-22-6-8-23(9-7-22)17(26)27-16-14-13(19-4-5-20-14)15(25)24(16)12-3-2-11(18)10-21-12;1-3(8)7-4(6(11)12)2-5(9)10/h2-5,10,16H,6-9H2,1H3;4H,2H2,1H3,(H,7,8)(H,9,10)(H,11,12)/t16-;4-/m10/s1. The minimum absolute atomic E-state index is 0.144. The fraction of sp³-hybridized carbons (Fsp3) is 0.391. The van der Waals surface area contributed by atoms with Gasteiger partial charge >= 0.3 is 18.0 Å². The molecule has 0 spiro atoms. The zero-order valence-corrected chi connectivity index (χ0v) is 21.7. The largest absolute Gasteiger partial charge is 0.481 e. The summed E-state index contributed by atoms with van der Waals surface area (Å²) in [6.07, 6.45) is 2.17. The smallest absolute Gasteiger partial charge is 0.412 e. The van der Waals surface area contributed by atoms with Gasteiger partial charge in [-0.25, -0.2) is 24.5 Å². The number of carboxylic acid groups (broad SMARTS) is 2. The molecule has 4 heterocycles. The summed E-state index contributed by atoms with van der Waals surface area (Å²) >= 11 is 5.89. The summed E-state index contributed by atoms with van der Waals surface area (Å²) in [5.74, 6) is -3.31. The molecule has 0 radical (unpaired) electrons. The maximum absolute atomic E-state index is 12.8. The monoisotopic (exact) mass is 563 g/mol. The lowest BCUT2D eigenvalue weighted by Gasteiger charge is -2.33. The van der Waals surface area contributed by atoms with Crippen LogP contribution < -0.4 is 10.2 Å². The van der Waals surface area contributed by atoms with Crippen LogP contribution in [0.4, 0.5) is 10.6 Å². The zero-order chi connectivity index (χ0) is 28.7. The number of likely N-dealkylation sites (N-methyl/N-ethyl adjacent to an activating group) is 1. The molecule has 0 unspecified atom stereocenters. The minimum atomic E-state index is -1.35. The summed E-state index contributed by atoms with van der Waals surface area (Å²) in [6, 6.07) is 1.85. The van der Waals surface area contributed by atoms with E-state index in [-0.39, 0.29) is 5.69 Å². The molecule has 208 valence electrons. The number of nitrogens with zero attached hydrogens (tertiary/aromatic N) is 6. The second-order valence-electron chi connectivity index (χ2n) is 8.52. The van der Waals surface area contributed by atoms with Crippen LogP contribution in [0.3, 0.4) is 0 Å². The summed E-state index contributed by atoms with van der Waals surface area (Å²) in [4.78, 5) is 73.8. The number of hydrogen-bond acceptors (Lipinski definition) is 10. The van der Waals surface area contributed by atoms with Crippen molar-refractivity contribution in [3.05, 3.63) is 47.1 Å². The first-order valence-corrected chi connectivity index (χ1v) is 12.0. The Morgan fingerprint density at radius 1 is 1.10 bits per heavy atom. The summed E-state index contributed by atoms with van der Waals surface area (Å²) in [5, 5.41) is 19.1. The van der Waals surface area contributed by atoms with E-state index in [0.717, 1.165) is 20.0 Å². The number of carbonyl (C=O) groups excluding carboxylic acids is 3. The molecule has 16 heteroatoms. The molecule has 0 aliphatic carbocycles. The number of anilines is 1. The first-order valence-electron chi connectivity index (χ1n) is 11.6. The molecule has 0 aromatic carbocycles. The fourth-order valence-corrected chi connectivity index (χ4v) is 3.77. The summed E-state index contributed by atoms with van der Waals surface area (Å²) in [5.41, 5.74) is 0.437. The van der Waals surface area contributed by atoms with Crippen LogP contribution >= 0.6 is 11.6 Å².